The zero-order valence-electron chi connectivity index (χ0n) is 17.3. The summed E-state index contributed by atoms with van der Waals surface area (Å²) < 4.78 is 23.7. The number of ether oxygens (including phenoxy) is 2. The van der Waals surface area contributed by atoms with Crippen molar-refractivity contribution in [2.45, 2.75) is 26.4 Å². The Morgan fingerprint density at radius 3 is 2.39 bits per heavy atom. The molecular weight excluding hydrogens is 405 g/mol. The van der Waals surface area contributed by atoms with E-state index in [0.717, 1.165) is 0 Å². The van der Waals surface area contributed by atoms with E-state index in [1.54, 1.807) is 24.3 Å². The molecule has 0 spiro atoms. The highest BCUT2D eigenvalue weighted by atomic mass is 19.1. The van der Waals surface area contributed by atoms with Gasteiger partial charge in [-0.25, -0.2) is 4.39 Å². The van der Waals surface area contributed by atoms with Crippen molar-refractivity contribution >= 4 is 23.4 Å². The van der Waals surface area contributed by atoms with E-state index in [1.807, 2.05) is 6.92 Å². The molecule has 8 nitrogen and oxygen atoms in total. The summed E-state index contributed by atoms with van der Waals surface area (Å²) in [5.41, 5.74) is 5.31. The lowest BCUT2D eigenvalue weighted by Crippen LogP contribution is -2.49. The SMILES string of the molecule is CCOc1ccc(N2C[C@H](C(=O)NNC(=O)[C@@H](C)Oc3ccc(F)cc3)CC2=O)cc1. The molecule has 1 saturated heterocycles. The predicted octanol–water partition coefficient (Wildman–Crippen LogP) is 2.19. The fraction of sp³-hybridized carbons (Fsp3) is 0.318. The molecule has 164 valence electrons. The van der Waals surface area contributed by atoms with Gasteiger partial charge in [-0.15, -0.1) is 0 Å². The molecule has 2 atom stereocenters. The van der Waals surface area contributed by atoms with Crippen molar-refractivity contribution < 1.29 is 28.2 Å². The molecule has 0 aromatic heterocycles. The molecule has 3 amide bonds. The number of nitrogens with one attached hydrogen (secondary N) is 2. The van der Waals surface area contributed by atoms with E-state index in [1.165, 1.54) is 36.1 Å². The van der Waals surface area contributed by atoms with Gasteiger partial charge in [0.05, 0.1) is 12.5 Å². The number of benzene rings is 2. The Kier molecular flexibility index (Phi) is 7.07. The molecule has 3 rings (SSSR count). The van der Waals surface area contributed by atoms with Crippen LogP contribution in [0.4, 0.5) is 10.1 Å². The molecule has 31 heavy (non-hydrogen) atoms. The maximum Gasteiger partial charge on any atom is 0.279 e. The van der Waals surface area contributed by atoms with Crippen LogP contribution >= 0.6 is 0 Å². The van der Waals surface area contributed by atoms with E-state index >= 15 is 0 Å². The molecule has 2 N–H and O–H groups in total. The Hall–Kier alpha value is -3.62. The van der Waals surface area contributed by atoms with Crippen LogP contribution in [0.1, 0.15) is 20.3 Å². The predicted molar refractivity (Wildman–Crippen MR) is 111 cm³/mol. The maximum atomic E-state index is 12.9. The first kappa shape index (κ1) is 22.1. The molecule has 0 radical (unpaired) electrons. The summed E-state index contributed by atoms with van der Waals surface area (Å²) in [6, 6.07) is 12.3. The fourth-order valence-corrected chi connectivity index (χ4v) is 3.12. The summed E-state index contributed by atoms with van der Waals surface area (Å²) in [6.45, 7) is 4.13. The molecule has 1 fully saturated rings. The van der Waals surface area contributed by atoms with Gasteiger partial charge < -0.3 is 14.4 Å². The van der Waals surface area contributed by atoms with Crippen LogP contribution in [0, 0.1) is 11.7 Å². The maximum absolute atomic E-state index is 12.9. The highest BCUT2D eigenvalue weighted by Gasteiger charge is 2.35. The highest BCUT2D eigenvalue weighted by molar-refractivity contribution is 6.00. The summed E-state index contributed by atoms with van der Waals surface area (Å²) in [7, 11) is 0. The summed E-state index contributed by atoms with van der Waals surface area (Å²) in [6.07, 6.45) is -0.882. The lowest BCUT2D eigenvalue weighted by molar-refractivity contribution is -0.134. The Labute approximate surface area is 179 Å². The molecule has 0 bridgehead atoms. The standard InChI is InChI=1S/C22H24FN3O5/c1-3-30-18-10-6-17(7-11-18)26-13-15(12-20(26)27)22(29)25-24-21(28)14(2)31-19-8-4-16(23)5-9-19/h4-11,14-15H,3,12-13H2,1-2H3,(H,24,28)(H,25,29)/t14-,15-/m1/s1. The van der Waals surface area contributed by atoms with Crippen molar-refractivity contribution in [3.63, 3.8) is 0 Å². The van der Waals surface area contributed by atoms with Crippen LogP contribution in [-0.2, 0) is 14.4 Å². The smallest absolute Gasteiger partial charge is 0.279 e. The van der Waals surface area contributed by atoms with Crippen LogP contribution in [0.3, 0.4) is 0 Å². The molecule has 1 heterocycles. The van der Waals surface area contributed by atoms with Crippen molar-refractivity contribution in [2.75, 3.05) is 18.1 Å². The van der Waals surface area contributed by atoms with Gasteiger partial charge in [0.25, 0.3) is 5.91 Å². The third-order valence-electron chi connectivity index (χ3n) is 4.76. The monoisotopic (exact) mass is 429 g/mol. The number of nitrogens with zero attached hydrogens (tertiary/aromatic N) is 1. The molecule has 0 unspecified atom stereocenters. The molecule has 0 saturated carbocycles. The topological polar surface area (TPSA) is 97.0 Å². The molecule has 2 aromatic carbocycles. The number of anilines is 1. The minimum Gasteiger partial charge on any atom is -0.494 e. The summed E-state index contributed by atoms with van der Waals surface area (Å²) in [4.78, 5) is 38.5. The Balaban J connectivity index is 1.49. The van der Waals surface area contributed by atoms with Crippen LogP contribution < -0.4 is 25.2 Å². The van der Waals surface area contributed by atoms with Gasteiger partial charge in [-0.05, 0) is 62.4 Å². The fourth-order valence-electron chi connectivity index (χ4n) is 3.12. The Morgan fingerprint density at radius 2 is 1.74 bits per heavy atom. The average Bonchev–Trinajstić information content (AvgIpc) is 3.16. The molecular formula is C22H24FN3O5. The lowest BCUT2D eigenvalue weighted by Gasteiger charge is -2.18. The Morgan fingerprint density at radius 1 is 1.10 bits per heavy atom. The molecule has 0 aliphatic carbocycles. The van der Waals surface area contributed by atoms with Crippen molar-refractivity contribution in [1.82, 2.24) is 10.9 Å². The summed E-state index contributed by atoms with van der Waals surface area (Å²) >= 11 is 0. The van der Waals surface area contributed by atoms with E-state index < -0.39 is 29.7 Å². The van der Waals surface area contributed by atoms with E-state index in [-0.39, 0.29) is 18.9 Å². The molecule has 1 aliphatic rings. The highest BCUT2D eigenvalue weighted by Crippen LogP contribution is 2.27. The largest absolute Gasteiger partial charge is 0.494 e. The first-order valence-electron chi connectivity index (χ1n) is 9.92. The van der Waals surface area contributed by atoms with Crippen LogP contribution in [0.5, 0.6) is 11.5 Å². The third-order valence-corrected chi connectivity index (χ3v) is 4.76. The van der Waals surface area contributed by atoms with E-state index in [9.17, 15) is 18.8 Å². The summed E-state index contributed by atoms with van der Waals surface area (Å²) in [5.74, 6) is -1.22. The second kappa shape index (κ2) is 9.92. The van der Waals surface area contributed by atoms with Crippen molar-refractivity contribution in [1.29, 1.82) is 0 Å². The van der Waals surface area contributed by atoms with Gasteiger partial charge in [0.1, 0.15) is 17.3 Å². The zero-order chi connectivity index (χ0) is 22.4. The van der Waals surface area contributed by atoms with Gasteiger partial charge in [0.15, 0.2) is 6.10 Å². The van der Waals surface area contributed by atoms with Crippen LogP contribution in [-0.4, -0.2) is 37.0 Å². The van der Waals surface area contributed by atoms with Crippen LogP contribution in [0.25, 0.3) is 0 Å². The normalized spacial score (nSPS) is 16.5. The quantitative estimate of drug-likeness (QED) is 0.658. The number of carbonyl (C=O) groups excluding carboxylic acids is 3. The van der Waals surface area contributed by atoms with Crippen molar-refractivity contribution in [2.24, 2.45) is 5.92 Å². The van der Waals surface area contributed by atoms with Crippen LogP contribution in [0.15, 0.2) is 48.5 Å². The first-order valence-corrected chi connectivity index (χ1v) is 9.92. The number of hydrogen-bond donors (Lipinski definition) is 2. The van der Waals surface area contributed by atoms with E-state index in [4.69, 9.17) is 9.47 Å². The second-order valence-corrected chi connectivity index (χ2v) is 7.02. The number of rotatable bonds is 7. The summed E-state index contributed by atoms with van der Waals surface area (Å²) in [5, 5.41) is 0. The van der Waals surface area contributed by atoms with Gasteiger partial charge in [-0.2, -0.15) is 0 Å². The van der Waals surface area contributed by atoms with Crippen LogP contribution in [0.2, 0.25) is 0 Å². The molecule has 1 aliphatic heterocycles. The number of halogens is 1. The van der Waals surface area contributed by atoms with Crippen molar-refractivity contribution in [3.05, 3.63) is 54.3 Å². The zero-order valence-corrected chi connectivity index (χ0v) is 17.3. The van der Waals surface area contributed by atoms with Gasteiger partial charge in [-0.1, -0.05) is 0 Å². The number of amides is 3. The number of carbonyl (C=O) groups is 3. The minimum atomic E-state index is -0.920. The van der Waals surface area contributed by atoms with Gasteiger partial charge >= 0.3 is 0 Å². The van der Waals surface area contributed by atoms with Gasteiger partial charge in [-0.3, -0.25) is 25.2 Å². The van der Waals surface area contributed by atoms with Gasteiger partial charge in [0.2, 0.25) is 11.8 Å². The van der Waals surface area contributed by atoms with E-state index in [0.29, 0.717) is 23.8 Å². The third kappa shape index (κ3) is 5.71. The average molecular weight is 429 g/mol. The number of hydrazine groups is 1. The van der Waals surface area contributed by atoms with Crippen molar-refractivity contribution in [3.8, 4) is 11.5 Å². The molecule has 9 heteroatoms. The first-order chi connectivity index (χ1) is 14.9. The minimum absolute atomic E-state index is 0.0382. The van der Waals surface area contributed by atoms with Gasteiger partial charge in [0, 0.05) is 18.7 Å². The van der Waals surface area contributed by atoms with E-state index in [2.05, 4.69) is 10.9 Å². The number of hydrogen-bond acceptors (Lipinski definition) is 5. The Bertz CT molecular complexity index is 933. The molecule has 2 aromatic rings. The lowest BCUT2D eigenvalue weighted by atomic mass is 10.1. The second-order valence-electron chi connectivity index (χ2n) is 7.02.